The number of carbonyl (C=O) groups is 1. The molecule has 2 aliphatic rings. The van der Waals surface area contributed by atoms with Crippen LogP contribution in [0.5, 0.6) is 0 Å². The number of amides is 2. The standard InChI is InChI=1S/C17H24N2O2/c1-12-9-19(10-13(12)2)17(20)18-8-14-4-3-5-15-11-21-7-6-16(14)15/h3-5,12-13H,6-11H2,1-2H3,(H,18,20). The molecule has 3 rings (SSSR count). The van der Waals surface area contributed by atoms with Gasteiger partial charge in [-0.15, -0.1) is 0 Å². The highest BCUT2D eigenvalue weighted by atomic mass is 16.5. The number of nitrogens with zero attached hydrogens (tertiary/aromatic N) is 1. The number of likely N-dealkylation sites (tertiary alicyclic amines) is 1. The molecule has 0 spiro atoms. The first-order valence-corrected chi connectivity index (χ1v) is 7.85. The van der Waals surface area contributed by atoms with Crippen LogP contribution in [0.15, 0.2) is 18.2 Å². The zero-order chi connectivity index (χ0) is 14.8. The fourth-order valence-electron chi connectivity index (χ4n) is 3.24. The van der Waals surface area contributed by atoms with Crippen LogP contribution in [0.3, 0.4) is 0 Å². The summed E-state index contributed by atoms with van der Waals surface area (Å²) < 4.78 is 5.49. The first-order valence-electron chi connectivity index (χ1n) is 7.85. The number of urea groups is 1. The fraction of sp³-hybridized carbons (Fsp3) is 0.588. The Morgan fingerprint density at radius 2 is 2.10 bits per heavy atom. The van der Waals surface area contributed by atoms with Crippen molar-refractivity contribution in [2.24, 2.45) is 11.8 Å². The molecule has 1 saturated heterocycles. The molecule has 2 atom stereocenters. The largest absolute Gasteiger partial charge is 0.376 e. The van der Waals surface area contributed by atoms with Crippen LogP contribution in [-0.2, 0) is 24.3 Å². The van der Waals surface area contributed by atoms with E-state index in [4.69, 9.17) is 4.74 Å². The van der Waals surface area contributed by atoms with Gasteiger partial charge in [0.25, 0.3) is 0 Å². The normalized spacial score (nSPS) is 24.8. The molecule has 21 heavy (non-hydrogen) atoms. The Bertz CT molecular complexity index is 520. The lowest BCUT2D eigenvalue weighted by molar-refractivity contribution is 0.110. The van der Waals surface area contributed by atoms with Gasteiger partial charge in [0.15, 0.2) is 0 Å². The molecule has 0 saturated carbocycles. The van der Waals surface area contributed by atoms with Crippen LogP contribution in [0, 0.1) is 11.8 Å². The maximum Gasteiger partial charge on any atom is 0.317 e. The minimum atomic E-state index is 0.0656. The van der Waals surface area contributed by atoms with E-state index in [9.17, 15) is 4.79 Å². The summed E-state index contributed by atoms with van der Waals surface area (Å²) in [7, 11) is 0. The lowest BCUT2D eigenvalue weighted by atomic mass is 9.97. The molecule has 2 unspecified atom stereocenters. The third kappa shape index (κ3) is 3.05. The van der Waals surface area contributed by atoms with Crippen molar-refractivity contribution in [3.05, 3.63) is 34.9 Å². The van der Waals surface area contributed by atoms with Crippen LogP contribution in [0.4, 0.5) is 4.79 Å². The van der Waals surface area contributed by atoms with E-state index in [1.807, 2.05) is 4.90 Å². The SMILES string of the molecule is CC1CN(C(=O)NCc2cccc3c2CCOC3)CC1C. The Morgan fingerprint density at radius 3 is 2.86 bits per heavy atom. The minimum Gasteiger partial charge on any atom is -0.376 e. The highest BCUT2D eigenvalue weighted by Gasteiger charge is 2.29. The predicted molar refractivity (Wildman–Crippen MR) is 81.9 cm³/mol. The summed E-state index contributed by atoms with van der Waals surface area (Å²) >= 11 is 0. The number of hydrogen-bond donors (Lipinski definition) is 1. The molecule has 4 nitrogen and oxygen atoms in total. The van der Waals surface area contributed by atoms with Crippen LogP contribution in [0.25, 0.3) is 0 Å². The maximum atomic E-state index is 12.3. The van der Waals surface area contributed by atoms with E-state index in [1.165, 1.54) is 16.7 Å². The minimum absolute atomic E-state index is 0.0656. The van der Waals surface area contributed by atoms with Gasteiger partial charge in [-0.05, 0) is 34.9 Å². The number of rotatable bonds is 2. The molecule has 2 heterocycles. The van der Waals surface area contributed by atoms with Crippen LogP contribution in [-0.4, -0.2) is 30.6 Å². The third-order valence-electron chi connectivity index (χ3n) is 4.83. The molecule has 1 N–H and O–H groups in total. The molecular formula is C17H24N2O2. The van der Waals surface area contributed by atoms with E-state index in [0.717, 1.165) is 26.1 Å². The molecule has 1 aromatic rings. The first-order chi connectivity index (χ1) is 10.1. The average Bonchev–Trinajstić information content (AvgIpc) is 2.84. The topological polar surface area (TPSA) is 41.6 Å². The van der Waals surface area contributed by atoms with Gasteiger partial charge >= 0.3 is 6.03 Å². The van der Waals surface area contributed by atoms with Crippen LogP contribution < -0.4 is 5.32 Å². The second-order valence-electron chi connectivity index (χ2n) is 6.38. The molecule has 4 heteroatoms. The number of ether oxygens (including phenoxy) is 1. The fourth-order valence-corrected chi connectivity index (χ4v) is 3.24. The monoisotopic (exact) mass is 288 g/mol. The quantitative estimate of drug-likeness (QED) is 0.908. The molecule has 114 valence electrons. The molecule has 0 bridgehead atoms. The van der Waals surface area contributed by atoms with Gasteiger partial charge in [0.2, 0.25) is 0 Å². The molecule has 1 fully saturated rings. The van der Waals surface area contributed by atoms with E-state index in [0.29, 0.717) is 25.0 Å². The maximum absolute atomic E-state index is 12.3. The zero-order valence-electron chi connectivity index (χ0n) is 12.9. The van der Waals surface area contributed by atoms with Crippen LogP contribution >= 0.6 is 0 Å². The number of fused-ring (bicyclic) bond motifs is 1. The highest BCUT2D eigenvalue weighted by Crippen LogP contribution is 2.23. The first kappa shape index (κ1) is 14.4. The Kier molecular flexibility index (Phi) is 4.15. The van der Waals surface area contributed by atoms with Crippen molar-refractivity contribution in [3.63, 3.8) is 0 Å². The van der Waals surface area contributed by atoms with E-state index < -0.39 is 0 Å². The van der Waals surface area contributed by atoms with Crippen molar-refractivity contribution in [1.82, 2.24) is 10.2 Å². The van der Waals surface area contributed by atoms with Gasteiger partial charge in [-0.2, -0.15) is 0 Å². The van der Waals surface area contributed by atoms with Crippen LogP contribution in [0.2, 0.25) is 0 Å². The molecular weight excluding hydrogens is 264 g/mol. The van der Waals surface area contributed by atoms with Gasteiger partial charge < -0.3 is 15.0 Å². The Hall–Kier alpha value is -1.55. The molecule has 0 aromatic heterocycles. The third-order valence-corrected chi connectivity index (χ3v) is 4.83. The van der Waals surface area contributed by atoms with Gasteiger partial charge in [-0.1, -0.05) is 32.0 Å². The Balaban J connectivity index is 1.62. The van der Waals surface area contributed by atoms with Crippen LogP contribution in [0.1, 0.15) is 30.5 Å². The number of hydrogen-bond acceptors (Lipinski definition) is 2. The summed E-state index contributed by atoms with van der Waals surface area (Å²) in [5, 5.41) is 3.08. The lowest BCUT2D eigenvalue weighted by Crippen LogP contribution is -2.38. The molecule has 0 aliphatic carbocycles. The van der Waals surface area contributed by atoms with E-state index in [1.54, 1.807) is 0 Å². The van der Waals surface area contributed by atoms with E-state index in [2.05, 4.69) is 37.4 Å². The summed E-state index contributed by atoms with van der Waals surface area (Å²) in [4.78, 5) is 14.2. The van der Waals surface area contributed by atoms with E-state index >= 15 is 0 Å². The average molecular weight is 288 g/mol. The van der Waals surface area contributed by atoms with Gasteiger partial charge in [0.1, 0.15) is 0 Å². The number of nitrogens with one attached hydrogen (secondary N) is 1. The Morgan fingerprint density at radius 1 is 1.33 bits per heavy atom. The van der Waals surface area contributed by atoms with Crippen molar-refractivity contribution in [1.29, 1.82) is 0 Å². The molecule has 2 amide bonds. The summed E-state index contributed by atoms with van der Waals surface area (Å²) in [5.74, 6) is 1.19. The summed E-state index contributed by atoms with van der Waals surface area (Å²) in [6, 6.07) is 6.34. The van der Waals surface area contributed by atoms with Crippen molar-refractivity contribution < 1.29 is 9.53 Å². The zero-order valence-corrected chi connectivity index (χ0v) is 12.9. The highest BCUT2D eigenvalue weighted by molar-refractivity contribution is 5.74. The number of carbonyl (C=O) groups excluding carboxylic acids is 1. The van der Waals surface area contributed by atoms with E-state index in [-0.39, 0.29) is 6.03 Å². The second kappa shape index (κ2) is 6.06. The Labute approximate surface area is 126 Å². The van der Waals surface area contributed by atoms with Gasteiger partial charge in [0.05, 0.1) is 13.2 Å². The smallest absolute Gasteiger partial charge is 0.317 e. The molecule has 1 aromatic carbocycles. The number of benzene rings is 1. The van der Waals surface area contributed by atoms with Gasteiger partial charge in [-0.3, -0.25) is 0 Å². The second-order valence-corrected chi connectivity index (χ2v) is 6.38. The molecule has 0 radical (unpaired) electrons. The molecule has 2 aliphatic heterocycles. The predicted octanol–water partition coefficient (Wildman–Crippen LogP) is 2.56. The van der Waals surface area contributed by atoms with Crippen molar-refractivity contribution >= 4 is 6.03 Å². The summed E-state index contributed by atoms with van der Waals surface area (Å²) in [5.41, 5.74) is 3.84. The van der Waals surface area contributed by atoms with Gasteiger partial charge in [0, 0.05) is 19.6 Å². The van der Waals surface area contributed by atoms with Crippen molar-refractivity contribution in [3.8, 4) is 0 Å². The van der Waals surface area contributed by atoms with Crippen molar-refractivity contribution in [2.75, 3.05) is 19.7 Å². The summed E-state index contributed by atoms with van der Waals surface area (Å²) in [6.45, 7) is 8.25. The van der Waals surface area contributed by atoms with Crippen molar-refractivity contribution in [2.45, 2.75) is 33.4 Å². The van der Waals surface area contributed by atoms with Gasteiger partial charge in [-0.25, -0.2) is 4.79 Å². The lowest BCUT2D eigenvalue weighted by Gasteiger charge is -2.21. The summed E-state index contributed by atoms with van der Waals surface area (Å²) in [6.07, 6.45) is 0.944.